The van der Waals surface area contributed by atoms with Crippen LogP contribution in [0.2, 0.25) is 0 Å². The van der Waals surface area contributed by atoms with Gasteiger partial charge in [0, 0.05) is 30.7 Å². The van der Waals surface area contributed by atoms with Gasteiger partial charge in [-0.15, -0.1) is 0 Å². The van der Waals surface area contributed by atoms with Crippen molar-refractivity contribution in [3.63, 3.8) is 0 Å². The summed E-state index contributed by atoms with van der Waals surface area (Å²) < 4.78 is 5.55. The number of carbonyl (C=O) groups excluding carboxylic acids is 2. The number of nitrogens with zero attached hydrogens (tertiary/aromatic N) is 2. The van der Waals surface area contributed by atoms with Crippen molar-refractivity contribution < 1.29 is 29.3 Å². The summed E-state index contributed by atoms with van der Waals surface area (Å²) in [5, 5.41) is 24.8. The Labute approximate surface area is 198 Å². The molecule has 3 rings (SSSR count). The number of nitro benzene ring substituents is 1. The maximum Gasteiger partial charge on any atom is 0.295 e. The van der Waals surface area contributed by atoms with Gasteiger partial charge < -0.3 is 19.6 Å². The predicted octanol–water partition coefficient (Wildman–Crippen LogP) is 1.14. The van der Waals surface area contributed by atoms with Gasteiger partial charge in [-0.2, -0.15) is 0 Å². The Kier molecular flexibility index (Phi) is 8.01. The first-order chi connectivity index (χ1) is 16.2. The highest BCUT2D eigenvalue weighted by atomic mass is 16.6. The summed E-state index contributed by atoms with van der Waals surface area (Å²) in [6, 6.07) is 11.2. The van der Waals surface area contributed by atoms with Gasteiger partial charge in [-0.05, 0) is 29.7 Å². The monoisotopic (exact) mass is 467 g/mol. The molecule has 2 aromatic carbocycles. The largest absolute Gasteiger partial charge is 0.872 e. The molecule has 1 fully saturated rings. The zero-order chi connectivity index (χ0) is 24.8. The molecule has 1 saturated heterocycles. The van der Waals surface area contributed by atoms with E-state index in [9.17, 15) is 24.8 Å². The molecule has 0 radical (unpaired) electrons. The number of hydrogen-bond donors (Lipinski definition) is 1. The lowest BCUT2D eigenvalue weighted by Crippen LogP contribution is -3.05. The molecule has 180 valence electrons. The van der Waals surface area contributed by atoms with E-state index < -0.39 is 28.4 Å². The molecule has 1 aliphatic heterocycles. The van der Waals surface area contributed by atoms with Crippen molar-refractivity contribution in [2.75, 3.05) is 33.8 Å². The first kappa shape index (κ1) is 24.9. The highest BCUT2D eigenvalue weighted by Gasteiger charge is 2.44. The Morgan fingerprint density at radius 2 is 1.85 bits per heavy atom. The first-order valence-electron chi connectivity index (χ1n) is 11.3. The molecule has 2 aromatic rings. The van der Waals surface area contributed by atoms with Gasteiger partial charge in [0.05, 0.1) is 38.2 Å². The van der Waals surface area contributed by atoms with Gasteiger partial charge >= 0.3 is 0 Å². The van der Waals surface area contributed by atoms with E-state index in [0.29, 0.717) is 24.3 Å². The molecule has 1 N–H and O–H groups in total. The van der Waals surface area contributed by atoms with Gasteiger partial charge in [-0.1, -0.05) is 36.9 Å². The quantitative estimate of drug-likeness (QED) is 0.184. The third-order valence-corrected chi connectivity index (χ3v) is 5.59. The topological polar surface area (TPSA) is 117 Å². The van der Waals surface area contributed by atoms with Gasteiger partial charge in [0.25, 0.3) is 11.6 Å². The van der Waals surface area contributed by atoms with Crippen LogP contribution in [-0.4, -0.2) is 55.3 Å². The smallest absolute Gasteiger partial charge is 0.295 e. The molecule has 0 bridgehead atoms. The van der Waals surface area contributed by atoms with Crippen molar-refractivity contribution in [3.05, 3.63) is 75.3 Å². The van der Waals surface area contributed by atoms with E-state index in [2.05, 4.69) is 0 Å². The maximum absolute atomic E-state index is 13.4. The van der Waals surface area contributed by atoms with E-state index in [-0.39, 0.29) is 23.4 Å². The van der Waals surface area contributed by atoms with Crippen molar-refractivity contribution in [1.82, 2.24) is 4.90 Å². The molecule has 1 amide bonds. The predicted molar refractivity (Wildman–Crippen MR) is 124 cm³/mol. The van der Waals surface area contributed by atoms with E-state index in [1.807, 2.05) is 21.0 Å². The van der Waals surface area contributed by atoms with Crippen molar-refractivity contribution >= 4 is 23.1 Å². The number of nitro groups is 1. The Balaban J connectivity index is 2.07. The fourth-order valence-corrected chi connectivity index (χ4v) is 3.94. The van der Waals surface area contributed by atoms with E-state index in [4.69, 9.17) is 4.74 Å². The number of nitrogens with one attached hydrogen (secondary N) is 1. The Bertz CT molecular complexity index is 1090. The molecule has 0 saturated carbocycles. The van der Waals surface area contributed by atoms with Crippen LogP contribution in [0.4, 0.5) is 5.69 Å². The molecule has 9 nitrogen and oxygen atoms in total. The number of hydrogen-bond acceptors (Lipinski definition) is 6. The van der Waals surface area contributed by atoms with Crippen molar-refractivity contribution in [3.8, 4) is 5.75 Å². The Morgan fingerprint density at radius 1 is 1.15 bits per heavy atom. The Morgan fingerprint density at radius 3 is 2.47 bits per heavy atom. The van der Waals surface area contributed by atoms with Crippen LogP contribution >= 0.6 is 0 Å². The number of amides is 1. The van der Waals surface area contributed by atoms with Crippen LogP contribution in [0.25, 0.3) is 5.76 Å². The third kappa shape index (κ3) is 5.43. The minimum atomic E-state index is -0.986. The average Bonchev–Trinajstić information content (AvgIpc) is 3.07. The lowest BCUT2D eigenvalue weighted by Gasteiger charge is -2.27. The second-order valence-corrected chi connectivity index (χ2v) is 8.51. The highest BCUT2D eigenvalue weighted by Crippen LogP contribution is 2.39. The molecular weight excluding hydrogens is 438 g/mol. The van der Waals surface area contributed by atoms with Crippen LogP contribution in [0, 0.1) is 10.1 Å². The standard InChI is InChI=1S/C25H29N3O6/c1-4-15-34-20-11-9-17(10-12-20)23(29)21-22(18-7-5-8-19(16-18)28(32)33)27(25(31)24(21)30)14-6-13-26(2)3/h5,7-12,16,22,29H,4,6,13-15H2,1-3H3. The highest BCUT2D eigenvalue weighted by molar-refractivity contribution is 6.46. The minimum absolute atomic E-state index is 0.175. The van der Waals surface area contributed by atoms with Crippen LogP contribution in [0.1, 0.15) is 36.9 Å². The van der Waals surface area contributed by atoms with Crippen LogP contribution in [0.3, 0.4) is 0 Å². The lowest BCUT2D eigenvalue weighted by molar-refractivity contribution is -0.858. The van der Waals surface area contributed by atoms with Gasteiger partial charge in [0.1, 0.15) is 5.75 Å². The molecule has 34 heavy (non-hydrogen) atoms. The summed E-state index contributed by atoms with van der Waals surface area (Å²) in [5.41, 5.74) is 0.239. The molecular formula is C25H29N3O6. The molecule has 1 aliphatic rings. The molecule has 0 aliphatic carbocycles. The first-order valence-corrected chi connectivity index (χ1v) is 11.3. The number of benzene rings is 2. The molecule has 9 heteroatoms. The second-order valence-electron chi connectivity index (χ2n) is 8.51. The number of non-ortho nitro benzene ring substituents is 1. The molecule has 0 spiro atoms. The minimum Gasteiger partial charge on any atom is -0.872 e. The number of rotatable bonds is 10. The van der Waals surface area contributed by atoms with Crippen LogP contribution < -0.4 is 14.7 Å². The SMILES string of the molecule is CCCOc1ccc(C([O-])=C2C(=O)C(=O)N(CCC[NH+](C)C)C2c2cccc([N+](=O)[O-])c2)cc1. The molecule has 1 atom stereocenters. The van der Waals surface area contributed by atoms with Gasteiger partial charge in [0.15, 0.2) is 0 Å². The van der Waals surface area contributed by atoms with Gasteiger partial charge in [0.2, 0.25) is 5.78 Å². The summed E-state index contributed by atoms with van der Waals surface area (Å²) in [6.07, 6.45) is 1.45. The van der Waals surface area contributed by atoms with Gasteiger partial charge in [-0.25, -0.2) is 0 Å². The van der Waals surface area contributed by atoms with Crippen molar-refractivity contribution in [1.29, 1.82) is 0 Å². The number of ether oxygens (including phenoxy) is 1. The van der Waals surface area contributed by atoms with Crippen molar-refractivity contribution in [2.45, 2.75) is 25.8 Å². The van der Waals surface area contributed by atoms with Crippen LogP contribution in [-0.2, 0) is 9.59 Å². The summed E-state index contributed by atoms with van der Waals surface area (Å²) in [6.45, 7) is 3.53. The van der Waals surface area contributed by atoms with E-state index in [1.165, 1.54) is 28.0 Å². The summed E-state index contributed by atoms with van der Waals surface area (Å²) >= 11 is 0. The fourth-order valence-electron chi connectivity index (χ4n) is 3.94. The van der Waals surface area contributed by atoms with E-state index >= 15 is 0 Å². The van der Waals surface area contributed by atoms with E-state index in [1.54, 1.807) is 30.3 Å². The maximum atomic E-state index is 13.4. The number of quaternary nitrogens is 1. The van der Waals surface area contributed by atoms with Crippen LogP contribution in [0.5, 0.6) is 5.75 Å². The van der Waals surface area contributed by atoms with E-state index in [0.717, 1.165) is 13.0 Å². The Hall–Kier alpha value is -3.72. The average molecular weight is 468 g/mol. The number of ketones is 1. The number of likely N-dealkylation sites (tertiary alicyclic amines) is 1. The zero-order valence-corrected chi connectivity index (χ0v) is 19.6. The summed E-state index contributed by atoms with van der Waals surface area (Å²) in [4.78, 5) is 39.3. The summed E-state index contributed by atoms with van der Waals surface area (Å²) in [7, 11) is 3.95. The lowest BCUT2D eigenvalue weighted by atomic mass is 9.95. The summed E-state index contributed by atoms with van der Waals surface area (Å²) in [5.74, 6) is -1.61. The van der Waals surface area contributed by atoms with Crippen molar-refractivity contribution in [2.24, 2.45) is 0 Å². The van der Waals surface area contributed by atoms with Crippen LogP contribution in [0.15, 0.2) is 54.1 Å². The molecule has 1 heterocycles. The number of Topliss-reactive ketones (excluding diaryl/α,β-unsaturated/α-hetero) is 1. The zero-order valence-electron chi connectivity index (χ0n) is 19.6. The fraction of sp³-hybridized carbons (Fsp3) is 0.360. The normalized spacial score (nSPS) is 17.4. The number of carbonyl (C=O) groups is 2. The molecule has 1 unspecified atom stereocenters. The third-order valence-electron chi connectivity index (χ3n) is 5.59. The molecule has 0 aromatic heterocycles. The second kappa shape index (κ2) is 10.9. The van der Waals surface area contributed by atoms with Gasteiger partial charge in [-0.3, -0.25) is 19.7 Å².